The van der Waals surface area contributed by atoms with Gasteiger partial charge in [-0.3, -0.25) is 0 Å². The highest BCUT2D eigenvalue weighted by Crippen LogP contribution is 2.53. The van der Waals surface area contributed by atoms with Crippen LogP contribution in [0, 0.1) is 0 Å². The topological polar surface area (TPSA) is 47.6 Å². The lowest BCUT2D eigenvalue weighted by Gasteiger charge is -2.39. The number of methoxy groups -OCH3 is 1. The van der Waals surface area contributed by atoms with Crippen LogP contribution in [0.4, 0.5) is 0 Å². The molecule has 0 saturated heterocycles. The van der Waals surface area contributed by atoms with E-state index < -0.39 is 29.7 Å². The van der Waals surface area contributed by atoms with Crippen LogP contribution in [0.3, 0.4) is 0 Å². The zero-order valence-corrected chi connectivity index (χ0v) is 35.3. The molecule has 0 aliphatic carbocycles. The van der Waals surface area contributed by atoms with Crippen LogP contribution in [0.5, 0.6) is 17.2 Å². The van der Waals surface area contributed by atoms with Crippen molar-refractivity contribution in [3.63, 3.8) is 0 Å². The molecule has 2 atom stereocenters. The van der Waals surface area contributed by atoms with Crippen molar-refractivity contribution >= 4 is 34.8 Å². The zero-order chi connectivity index (χ0) is 38.5. The highest BCUT2D eigenvalue weighted by atomic mass is 32.2. The molecule has 0 unspecified atom stereocenters. The molecule has 1 aliphatic heterocycles. The Balaban J connectivity index is 1.62. The first-order chi connectivity index (χ1) is 24.8. The smallest absolute Gasteiger partial charge is 0.139 e. The van der Waals surface area contributed by atoms with Crippen molar-refractivity contribution in [3.8, 4) is 17.2 Å². The van der Waals surface area contributed by atoms with Gasteiger partial charge in [0.15, 0.2) is 0 Å². The number of fused-ring (bicyclic) bond motifs is 2. The summed E-state index contributed by atoms with van der Waals surface area (Å²) >= 11 is 0. The summed E-state index contributed by atoms with van der Waals surface area (Å²) in [6, 6.07) is 38.8. The second-order valence-electron chi connectivity index (χ2n) is 17.7. The molecule has 6 rings (SSSR count). The van der Waals surface area contributed by atoms with E-state index in [-0.39, 0.29) is 16.2 Å². The average molecular weight is 746 g/mol. The molecule has 5 aromatic carbocycles. The number of hydrogen-bond acceptors (Lipinski definition) is 3. The van der Waals surface area contributed by atoms with Gasteiger partial charge in [-0.15, -0.1) is 0 Å². The number of benzene rings is 5. The van der Waals surface area contributed by atoms with Crippen LogP contribution in [0.1, 0.15) is 116 Å². The highest BCUT2D eigenvalue weighted by Gasteiger charge is 2.40. The Morgan fingerprint density at radius 1 is 0.679 bits per heavy atom. The Hall–Kier alpha value is -3.76. The number of hydrogen-bond donors (Lipinski definition) is 1. The van der Waals surface area contributed by atoms with Crippen LogP contribution in [0.2, 0.25) is 0 Å². The van der Waals surface area contributed by atoms with Crippen LogP contribution < -0.4 is 30.1 Å². The Morgan fingerprint density at radius 2 is 1.17 bits per heavy atom. The van der Waals surface area contributed by atoms with Gasteiger partial charge in [0.2, 0.25) is 0 Å². The minimum atomic E-state index is -1.39. The molecule has 1 aliphatic rings. The van der Waals surface area contributed by atoms with E-state index in [9.17, 15) is 4.21 Å². The second kappa shape index (κ2) is 14.5. The SMILES string of the molecule is COc1c(C(C)(C)C)cc([C@H](N[S@](=O)C(C)(C)C)c2cccc3c2Oc2c(P(c4ccccc4)c4ccccc4)cccc2C3(C)C)cc1C(C)(C)C. The maximum atomic E-state index is 14.2. The molecule has 278 valence electrons. The number of rotatable bonds is 8. The molecule has 5 aromatic rings. The average Bonchev–Trinajstić information content (AvgIpc) is 3.10. The summed E-state index contributed by atoms with van der Waals surface area (Å²) in [5, 5.41) is 3.72. The van der Waals surface area contributed by atoms with E-state index in [2.05, 4.69) is 169 Å². The fraction of sp³-hybridized carbons (Fsp3) is 0.362. The molecule has 1 heterocycles. The van der Waals surface area contributed by atoms with E-state index >= 15 is 0 Å². The van der Waals surface area contributed by atoms with Crippen molar-refractivity contribution in [2.75, 3.05) is 7.11 Å². The molecule has 0 saturated carbocycles. The van der Waals surface area contributed by atoms with Crippen molar-refractivity contribution in [2.24, 2.45) is 0 Å². The van der Waals surface area contributed by atoms with Gasteiger partial charge in [-0.25, -0.2) is 8.93 Å². The van der Waals surface area contributed by atoms with Gasteiger partial charge in [-0.1, -0.05) is 152 Å². The third-order valence-corrected chi connectivity index (χ3v) is 14.2. The van der Waals surface area contributed by atoms with E-state index in [4.69, 9.17) is 9.47 Å². The lowest BCUT2D eigenvalue weighted by Crippen LogP contribution is -2.37. The standard InChI is InChI=1S/C47H56NO3PS/c1-44(2,3)37-29-31(30-38(42(37)50-12)45(4,5)6)40(48-53(49)46(7,8)9)34-25-19-26-35-41(34)51-43-36(47(35,10)11)27-20-28-39(43)52(32-21-15-13-16-22-32)33-23-17-14-18-24-33/h13-30,40,48H,1-12H3/t40-,53+/m0/s1. The molecule has 0 aromatic heterocycles. The first kappa shape index (κ1) is 38.9. The van der Waals surface area contributed by atoms with Gasteiger partial charge in [0.25, 0.3) is 0 Å². The molecule has 0 fully saturated rings. The Kier molecular flexibility index (Phi) is 10.6. The van der Waals surface area contributed by atoms with Crippen LogP contribution in [-0.2, 0) is 27.2 Å². The van der Waals surface area contributed by atoms with Crippen LogP contribution in [0.15, 0.2) is 109 Å². The molecule has 4 nitrogen and oxygen atoms in total. The molecule has 6 heteroatoms. The fourth-order valence-corrected chi connectivity index (χ4v) is 10.5. The van der Waals surface area contributed by atoms with Crippen molar-refractivity contribution in [2.45, 2.75) is 103 Å². The maximum absolute atomic E-state index is 14.2. The molecular weight excluding hydrogens is 690 g/mol. The summed E-state index contributed by atoms with van der Waals surface area (Å²) in [6.45, 7) is 24.0. The molecule has 1 N–H and O–H groups in total. The summed E-state index contributed by atoms with van der Waals surface area (Å²) in [5.74, 6) is 2.64. The van der Waals surface area contributed by atoms with Gasteiger partial charge in [-0.05, 0) is 67.8 Å². The first-order valence-corrected chi connectivity index (χ1v) is 21.1. The Bertz CT molecular complexity index is 2050. The highest BCUT2D eigenvalue weighted by molar-refractivity contribution is 7.84. The van der Waals surface area contributed by atoms with Gasteiger partial charge in [0, 0.05) is 38.5 Å². The largest absolute Gasteiger partial charge is 0.496 e. The van der Waals surface area contributed by atoms with Crippen molar-refractivity contribution in [1.29, 1.82) is 0 Å². The van der Waals surface area contributed by atoms with Gasteiger partial charge in [0.05, 0.1) is 28.9 Å². The van der Waals surface area contributed by atoms with E-state index in [0.717, 1.165) is 50.6 Å². The van der Waals surface area contributed by atoms with Crippen molar-refractivity contribution < 1.29 is 13.7 Å². The molecular formula is C47H56NO3PS. The zero-order valence-electron chi connectivity index (χ0n) is 33.5. The molecule has 0 spiro atoms. The summed E-state index contributed by atoms with van der Waals surface area (Å²) in [4.78, 5) is 0. The molecule has 0 bridgehead atoms. The maximum Gasteiger partial charge on any atom is 0.139 e. The molecule has 0 amide bonds. The molecule has 53 heavy (non-hydrogen) atoms. The number of ether oxygens (including phenoxy) is 2. The Morgan fingerprint density at radius 3 is 1.64 bits per heavy atom. The van der Waals surface area contributed by atoms with Gasteiger partial charge in [0.1, 0.15) is 17.2 Å². The lowest BCUT2D eigenvalue weighted by molar-refractivity contribution is 0.381. The fourth-order valence-electron chi connectivity index (χ4n) is 7.26. The minimum Gasteiger partial charge on any atom is -0.496 e. The molecule has 0 radical (unpaired) electrons. The van der Waals surface area contributed by atoms with Crippen LogP contribution in [0.25, 0.3) is 0 Å². The predicted octanol–water partition coefficient (Wildman–Crippen LogP) is 10.6. The number of para-hydroxylation sites is 2. The summed E-state index contributed by atoms with van der Waals surface area (Å²) in [6.07, 6.45) is 0. The normalized spacial score (nSPS) is 15.3. The van der Waals surface area contributed by atoms with Gasteiger partial charge in [-0.2, -0.15) is 0 Å². The first-order valence-electron chi connectivity index (χ1n) is 18.6. The predicted molar refractivity (Wildman–Crippen MR) is 227 cm³/mol. The summed E-state index contributed by atoms with van der Waals surface area (Å²) < 4.78 is 30.9. The monoisotopic (exact) mass is 745 g/mol. The number of nitrogens with one attached hydrogen (secondary N) is 1. The van der Waals surface area contributed by atoms with Crippen LogP contribution in [-0.4, -0.2) is 16.1 Å². The summed E-state index contributed by atoms with van der Waals surface area (Å²) in [7, 11) is -0.559. The quantitative estimate of drug-likeness (QED) is 0.161. The van der Waals surface area contributed by atoms with Gasteiger partial charge >= 0.3 is 0 Å². The van der Waals surface area contributed by atoms with Crippen molar-refractivity contribution in [1.82, 2.24) is 4.72 Å². The minimum absolute atomic E-state index is 0.205. The second-order valence-corrected chi connectivity index (χ2v) is 21.9. The third-order valence-electron chi connectivity index (χ3n) is 10.2. The van der Waals surface area contributed by atoms with E-state index in [1.54, 1.807) is 7.11 Å². The lowest BCUT2D eigenvalue weighted by atomic mass is 9.74. The van der Waals surface area contributed by atoms with Crippen LogP contribution >= 0.6 is 7.92 Å². The summed E-state index contributed by atoms with van der Waals surface area (Å²) in [5.41, 5.74) is 5.72. The van der Waals surface area contributed by atoms with E-state index in [1.807, 2.05) is 20.8 Å². The third kappa shape index (κ3) is 7.63. The van der Waals surface area contributed by atoms with E-state index in [1.165, 1.54) is 15.9 Å². The van der Waals surface area contributed by atoms with Crippen molar-refractivity contribution in [3.05, 3.63) is 143 Å². The Labute approximate surface area is 322 Å². The van der Waals surface area contributed by atoms with Gasteiger partial charge < -0.3 is 9.47 Å². The van der Waals surface area contributed by atoms with E-state index in [0.29, 0.717) is 0 Å².